The van der Waals surface area contributed by atoms with Crippen LogP contribution in [0.25, 0.3) is 0 Å². The first-order valence-corrected chi connectivity index (χ1v) is 9.12. The van der Waals surface area contributed by atoms with Crippen molar-refractivity contribution in [2.75, 3.05) is 13.2 Å². The van der Waals surface area contributed by atoms with Gasteiger partial charge in [-0.05, 0) is 27.7 Å². The van der Waals surface area contributed by atoms with Crippen LogP contribution in [0.3, 0.4) is 0 Å². The fraction of sp³-hybridized carbons (Fsp3) is 0.625. The second kappa shape index (κ2) is 10.7. The number of carbonyl (C=O) groups is 2. The van der Waals surface area contributed by atoms with E-state index in [1.54, 1.807) is 0 Å². The molecule has 0 spiro atoms. The number of rotatable bonds is 9. The SMILES string of the molecule is C=C(C)C(=O)OCC(F)(F)S(=O)(=O)[O-].C=C(C)C(=O)OCCC(F)(F)C(C)(C)F. The van der Waals surface area contributed by atoms with Crippen molar-refractivity contribution in [3.63, 3.8) is 0 Å². The summed E-state index contributed by atoms with van der Waals surface area (Å²) in [5, 5.41) is -4.61. The van der Waals surface area contributed by atoms with Crippen LogP contribution in [0.4, 0.5) is 22.0 Å². The van der Waals surface area contributed by atoms with Gasteiger partial charge in [0.25, 0.3) is 5.92 Å². The highest BCUT2D eigenvalue weighted by atomic mass is 32.2. The quantitative estimate of drug-likeness (QED) is 0.228. The molecule has 0 aliphatic heterocycles. The van der Waals surface area contributed by atoms with Crippen molar-refractivity contribution < 1.29 is 54.0 Å². The Kier molecular flexibility index (Phi) is 10.7. The molecule has 0 aliphatic rings. The van der Waals surface area contributed by atoms with Crippen LogP contribution in [-0.2, 0) is 29.2 Å². The molecular weight excluding hydrogens is 431 g/mol. The van der Waals surface area contributed by atoms with Gasteiger partial charge in [-0.3, -0.25) is 0 Å². The van der Waals surface area contributed by atoms with E-state index in [4.69, 9.17) is 0 Å². The number of alkyl halides is 5. The summed E-state index contributed by atoms with van der Waals surface area (Å²) in [5.74, 6) is -5.45. The minimum Gasteiger partial charge on any atom is -0.743 e. The molecule has 0 N–H and O–H groups in total. The summed E-state index contributed by atoms with van der Waals surface area (Å²) in [4.78, 5) is 21.4. The summed E-state index contributed by atoms with van der Waals surface area (Å²) >= 11 is 0. The molecule has 0 saturated heterocycles. The van der Waals surface area contributed by atoms with Gasteiger partial charge in [0.05, 0.1) is 6.61 Å². The predicted octanol–water partition coefficient (Wildman–Crippen LogP) is 3.12. The monoisotopic (exact) mass is 453 g/mol. The molecule has 0 rings (SSSR count). The predicted molar refractivity (Wildman–Crippen MR) is 90.9 cm³/mol. The Morgan fingerprint density at radius 1 is 0.931 bits per heavy atom. The lowest BCUT2D eigenvalue weighted by Gasteiger charge is -2.26. The van der Waals surface area contributed by atoms with Gasteiger partial charge in [0, 0.05) is 17.6 Å². The van der Waals surface area contributed by atoms with E-state index in [1.165, 1.54) is 13.8 Å². The Morgan fingerprint density at radius 3 is 1.62 bits per heavy atom. The topological polar surface area (TPSA) is 110 Å². The normalized spacial score (nSPS) is 12.3. The molecule has 0 aliphatic carbocycles. The third-order valence-electron chi connectivity index (χ3n) is 2.95. The first kappa shape index (κ1) is 29.2. The molecule has 13 heteroatoms. The number of esters is 2. The maximum absolute atomic E-state index is 13.0. The van der Waals surface area contributed by atoms with E-state index < -0.39 is 58.5 Å². The lowest BCUT2D eigenvalue weighted by atomic mass is 10.0. The van der Waals surface area contributed by atoms with E-state index in [9.17, 15) is 44.5 Å². The van der Waals surface area contributed by atoms with E-state index in [-0.39, 0.29) is 11.1 Å². The largest absolute Gasteiger partial charge is 0.743 e. The molecule has 0 amide bonds. The maximum atomic E-state index is 13.0. The molecule has 0 fully saturated rings. The molecule has 170 valence electrons. The van der Waals surface area contributed by atoms with Gasteiger partial charge in [-0.1, -0.05) is 13.2 Å². The number of hydrogen-bond acceptors (Lipinski definition) is 7. The number of hydrogen-bond donors (Lipinski definition) is 0. The van der Waals surface area contributed by atoms with Crippen LogP contribution in [0.1, 0.15) is 34.1 Å². The average molecular weight is 453 g/mol. The van der Waals surface area contributed by atoms with Gasteiger partial charge in [-0.25, -0.2) is 31.2 Å². The van der Waals surface area contributed by atoms with E-state index in [1.807, 2.05) is 0 Å². The van der Waals surface area contributed by atoms with Crippen molar-refractivity contribution in [2.45, 2.75) is 51.0 Å². The van der Waals surface area contributed by atoms with Gasteiger partial charge >= 0.3 is 17.2 Å². The molecule has 0 unspecified atom stereocenters. The number of carbonyl (C=O) groups excluding carboxylic acids is 2. The van der Waals surface area contributed by atoms with Gasteiger partial charge in [0.15, 0.2) is 22.4 Å². The standard InChI is InChI=1S/C10H15F3O2.C6H8F2O5S/c1-7(2)8(14)15-6-5-10(12,13)9(3,4)11;1-4(2)5(9)13-3-6(7,8)14(10,11)12/h1,5-6H2,2-4H3;1,3H2,2H3,(H,10,11,12)/p-1. The van der Waals surface area contributed by atoms with Crippen molar-refractivity contribution in [2.24, 2.45) is 0 Å². The zero-order chi connectivity index (χ0) is 23.8. The fourth-order valence-corrected chi connectivity index (χ4v) is 1.24. The third-order valence-corrected chi connectivity index (χ3v) is 3.80. The molecule has 29 heavy (non-hydrogen) atoms. The van der Waals surface area contributed by atoms with E-state index >= 15 is 0 Å². The minimum atomic E-state index is -5.81. The van der Waals surface area contributed by atoms with Gasteiger partial charge in [0.1, 0.15) is 0 Å². The summed E-state index contributed by atoms with van der Waals surface area (Å²) in [6.45, 7) is 8.19. The van der Waals surface area contributed by atoms with Gasteiger partial charge in [0.2, 0.25) is 0 Å². The minimum absolute atomic E-state index is 0.123. The highest BCUT2D eigenvalue weighted by molar-refractivity contribution is 7.86. The fourth-order valence-electron chi connectivity index (χ4n) is 1.04. The second-order valence-electron chi connectivity index (χ2n) is 6.29. The second-order valence-corrected chi connectivity index (χ2v) is 7.80. The molecule has 0 aromatic carbocycles. The first-order chi connectivity index (χ1) is 12.7. The van der Waals surface area contributed by atoms with Gasteiger partial charge in [-0.15, -0.1) is 0 Å². The molecule has 0 saturated carbocycles. The van der Waals surface area contributed by atoms with Crippen LogP contribution in [0.2, 0.25) is 0 Å². The smallest absolute Gasteiger partial charge is 0.367 e. The molecule has 0 aromatic rings. The Labute approximate surface area is 165 Å². The highest BCUT2D eigenvalue weighted by Crippen LogP contribution is 2.34. The van der Waals surface area contributed by atoms with Crippen LogP contribution in [0.5, 0.6) is 0 Å². The lowest BCUT2D eigenvalue weighted by Crippen LogP contribution is -2.39. The van der Waals surface area contributed by atoms with E-state index in [0.29, 0.717) is 0 Å². The highest BCUT2D eigenvalue weighted by Gasteiger charge is 2.47. The van der Waals surface area contributed by atoms with Crippen molar-refractivity contribution >= 4 is 22.1 Å². The van der Waals surface area contributed by atoms with Crippen LogP contribution in [0.15, 0.2) is 24.3 Å². The molecule has 7 nitrogen and oxygen atoms in total. The maximum Gasteiger partial charge on any atom is 0.367 e. The average Bonchev–Trinajstić information content (AvgIpc) is 2.50. The number of ether oxygens (including phenoxy) is 2. The Morgan fingerprint density at radius 2 is 1.31 bits per heavy atom. The van der Waals surface area contributed by atoms with E-state index in [2.05, 4.69) is 22.6 Å². The molecule has 0 atom stereocenters. The van der Waals surface area contributed by atoms with Crippen molar-refractivity contribution in [3.8, 4) is 0 Å². The first-order valence-electron chi connectivity index (χ1n) is 7.71. The van der Waals surface area contributed by atoms with Gasteiger partial charge in [-0.2, -0.15) is 8.78 Å². The zero-order valence-electron chi connectivity index (χ0n) is 16.2. The number of halogens is 5. The van der Waals surface area contributed by atoms with Crippen molar-refractivity contribution in [3.05, 3.63) is 24.3 Å². The third kappa shape index (κ3) is 10.9. The Balaban J connectivity index is 0. The summed E-state index contributed by atoms with van der Waals surface area (Å²) in [6, 6.07) is 0. The molecule has 0 radical (unpaired) electrons. The van der Waals surface area contributed by atoms with Crippen molar-refractivity contribution in [1.29, 1.82) is 0 Å². The molecular formula is C16H22F5O7S-. The summed E-state index contributed by atoms with van der Waals surface area (Å²) in [7, 11) is -5.81. The van der Waals surface area contributed by atoms with Crippen LogP contribution >= 0.6 is 0 Å². The Hall–Kier alpha value is -2.02. The molecule has 0 bridgehead atoms. The van der Waals surface area contributed by atoms with Crippen LogP contribution < -0.4 is 0 Å². The summed E-state index contributed by atoms with van der Waals surface area (Å²) < 4.78 is 102. The van der Waals surface area contributed by atoms with Crippen LogP contribution in [-0.4, -0.2) is 55.0 Å². The zero-order valence-corrected chi connectivity index (χ0v) is 17.0. The molecule has 0 aromatic heterocycles. The summed E-state index contributed by atoms with van der Waals surface area (Å²) in [5.41, 5.74) is -2.68. The van der Waals surface area contributed by atoms with Crippen LogP contribution in [0, 0.1) is 0 Å². The van der Waals surface area contributed by atoms with Gasteiger partial charge < -0.3 is 14.0 Å². The molecule has 0 heterocycles. The Bertz CT molecular complexity index is 724. The van der Waals surface area contributed by atoms with Crippen molar-refractivity contribution in [1.82, 2.24) is 0 Å². The summed E-state index contributed by atoms with van der Waals surface area (Å²) in [6.07, 6.45) is -0.838. The van der Waals surface area contributed by atoms with E-state index in [0.717, 1.165) is 13.8 Å². The lowest BCUT2D eigenvalue weighted by molar-refractivity contribution is -0.151.